The van der Waals surface area contributed by atoms with Crippen molar-refractivity contribution in [2.24, 2.45) is 4.99 Å². The van der Waals surface area contributed by atoms with Gasteiger partial charge in [-0.15, -0.1) is 11.8 Å². The molecule has 1 aliphatic rings. The molecule has 0 aromatic heterocycles. The number of nitrogen functional groups attached to an aromatic ring is 1. The van der Waals surface area contributed by atoms with Gasteiger partial charge in [-0.05, 0) is 51.0 Å². The van der Waals surface area contributed by atoms with Crippen molar-refractivity contribution in [1.29, 1.82) is 0 Å². The maximum absolute atomic E-state index is 14.2. The van der Waals surface area contributed by atoms with Crippen molar-refractivity contribution in [1.82, 2.24) is 0 Å². The topological polar surface area (TPSA) is 64.7 Å². The van der Waals surface area contributed by atoms with Gasteiger partial charge in [0, 0.05) is 23.3 Å². The highest BCUT2D eigenvalue weighted by molar-refractivity contribution is 8.14. The summed E-state index contributed by atoms with van der Waals surface area (Å²) in [4.78, 5) is 15.9. The van der Waals surface area contributed by atoms with Gasteiger partial charge in [0.1, 0.15) is 11.4 Å². The summed E-state index contributed by atoms with van der Waals surface area (Å²) >= 11 is 1.52. The van der Waals surface area contributed by atoms with Gasteiger partial charge in [-0.1, -0.05) is 6.92 Å². The normalized spacial score (nSPS) is 23.8. The van der Waals surface area contributed by atoms with Crippen molar-refractivity contribution in [3.63, 3.8) is 0 Å². The molecule has 1 heterocycles. The molecule has 0 unspecified atom stereocenters. The van der Waals surface area contributed by atoms with Gasteiger partial charge in [-0.2, -0.15) is 4.99 Å². The van der Waals surface area contributed by atoms with Crippen LogP contribution in [0.4, 0.5) is 14.9 Å². The van der Waals surface area contributed by atoms with Crippen LogP contribution in [0.15, 0.2) is 23.2 Å². The smallest absolute Gasteiger partial charge is 0.434 e. The van der Waals surface area contributed by atoms with E-state index in [1.807, 2.05) is 6.92 Å². The lowest BCUT2D eigenvalue weighted by molar-refractivity contribution is 0.0604. The molecule has 0 radical (unpaired) electrons. The van der Waals surface area contributed by atoms with Crippen molar-refractivity contribution in [3.05, 3.63) is 29.6 Å². The molecular formula is C17H23FN2O2S. The minimum Gasteiger partial charge on any atom is -0.442 e. The average Bonchev–Trinajstić information content (AvgIpc) is 2.39. The Labute approximate surface area is 140 Å². The number of nitrogens with two attached hydrogens (primary N) is 1. The lowest BCUT2D eigenvalue weighted by Gasteiger charge is -2.34. The lowest BCUT2D eigenvalue weighted by Crippen LogP contribution is -2.32. The Morgan fingerprint density at radius 1 is 1.43 bits per heavy atom. The number of thioether (sulfide) groups is 1. The second-order valence-electron chi connectivity index (χ2n) is 7.06. The van der Waals surface area contributed by atoms with Crippen LogP contribution in [-0.4, -0.2) is 22.5 Å². The third kappa shape index (κ3) is 4.70. The van der Waals surface area contributed by atoms with E-state index in [0.717, 1.165) is 12.2 Å². The molecule has 4 nitrogen and oxygen atoms in total. The minimum atomic E-state index is -0.600. The fourth-order valence-corrected chi connectivity index (χ4v) is 3.91. The van der Waals surface area contributed by atoms with E-state index in [9.17, 15) is 9.18 Å². The first-order valence-electron chi connectivity index (χ1n) is 7.58. The second kappa shape index (κ2) is 6.51. The van der Waals surface area contributed by atoms with Crippen LogP contribution in [0.1, 0.15) is 46.1 Å². The summed E-state index contributed by atoms with van der Waals surface area (Å²) in [5, 5.41) is 0.676. The zero-order valence-corrected chi connectivity index (χ0v) is 14.8. The number of hydrogen-bond donors (Lipinski definition) is 1. The number of carbonyl (C=O) groups excluding carboxylic acids is 1. The SMILES string of the molecule is CC(C)(C)OC(=O)N=C1C[C@](C)(c2cc(N)ccc2F)CCS1. The summed E-state index contributed by atoms with van der Waals surface area (Å²) in [6.45, 7) is 7.37. The molecule has 0 spiro atoms. The number of nitrogens with zero attached hydrogens (tertiary/aromatic N) is 1. The predicted molar refractivity (Wildman–Crippen MR) is 93.5 cm³/mol. The van der Waals surface area contributed by atoms with Crippen LogP contribution in [0.5, 0.6) is 0 Å². The largest absolute Gasteiger partial charge is 0.442 e. The Bertz CT molecular complexity index is 640. The molecule has 1 aromatic carbocycles. The maximum Gasteiger partial charge on any atom is 0.434 e. The summed E-state index contributed by atoms with van der Waals surface area (Å²) in [6, 6.07) is 4.62. The Morgan fingerprint density at radius 2 is 2.13 bits per heavy atom. The molecule has 0 saturated carbocycles. The predicted octanol–water partition coefficient (Wildman–Crippen LogP) is 4.53. The monoisotopic (exact) mass is 338 g/mol. The Balaban J connectivity index is 2.23. The second-order valence-corrected chi connectivity index (χ2v) is 8.23. The molecule has 23 heavy (non-hydrogen) atoms. The summed E-state index contributed by atoms with van der Waals surface area (Å²) in [6.07, 6.45) is 0.695. The van der Waals surface area contributed by atoms with E-state index in [1.54, 1.807) is 32.9 Å². The third-order valence-corrected chi connectivity index (χ3v) is 4.69. The lowest BCUT2D eigenvalue weighted by atomic mass is 9.76. The summed E-state index contributed by atoms with van der Waals surface area (Å²) in [5.41, 5.74) is 5.91. The molecule has 1 aromatic rings. The van der Waals surface area contributed by atoms with Gasteiger partial charge < -0.3 is 10.5 Å². The molecule has 1 saturated heterocycles. The minimum absolute atomic E-state index is 0.273. The number of halogens is 1. The number of ether oxygens (including phenoxy) is 1. The molecule has 0 bridgehead atoms. The average molecular weight is 338 g/mol. The highest BCUT2D eigenvalue weighted by Crippen LogP contribution is 2.41. The van der Waals surface area contributed by atoms with Gasteiger partial charge in [-0.25, -0.2) is 9.18 Å². The highest BCUT2D eigenvalue weighted by Gasteiger charge is 2.35. The fraction of sp³-hybridized carbons (Fsp3) is 0.529. The highest BCUT2D eigenvalue weighted by atomic mass is 32.2. The summed E-state index contributed by atoms with van der Waals surface area (Å²) in [7, 11) is 0. The number of benzene rings is 1. The fourth-order valence-electron chi connectivity index (χ4n) is 2.56. The number of aliphatic imine (C=N–C) groups is 1. The first kappa shape index (κ1) is 17.8. The number of hydrogen-bond acceptors (Lipinski definition) is 4. The van der Waals surface area contributed by atoms with Crippen molar-refractivity contribution in [2.45, 2.75) is 51.6 Å². The third-order valence-electron chi connectivity index (χ3n) is 3.71. The van der Waals surface area contributed by atoms with E-state index in [4.69, 9.17) is 10.5 Å². The van der Waals surface area contributed by atoms with Crippen molar-refractivity contribution in [2.75, 3.05) is 11.5 Å². The molecule has 2 rings (SSSR count). The molecule has 0 aliphatic carbocycles. The van der Waals surface area contributed by atoms with Gasteiger partial charge in [0.2, 0.25) is 0 Å². The molecule has 1 atom stereocenters. The van der Waals surface area contributed by atoms with Gasteiger partial charge in [0.15, 0.2) is 0 Å². The van der Waals surface area contributed by atoms with Crippen molar-refractivity contribution in [3.8, 4) is 0 Å². The van der Waals surface area contributed by atoms with Gasteiger partial charge in [-0.3, -0.25) is 0 Å². The number of carbonyl (C=O) groups is 1. The molecule has 1 fully saturated rings. The zero-order valence-electron chi connectivity index (χ0n) is 14.0. The van der Waals surface area contributed by atoms with Crippen molar-refractivity contribution < 1.29 is 13.9 Å². The van der Waals surface area contributed by atoms with Crippen LogP contribution in [0, 0.1) is 5.82 Å². The maximum atomic E-state index is 14.2. The van der Waals surface area contributed by atoms with E-state index in [-0.39, 0.29) is 5.82 Å². The molecule has 1 amide bonds. The molecule has 126 valence electrons. The van der Waals surface area contributed by atoms with E-state index in [1.165, 1.54) is 17.8 Å². The van der Waals surface area contributed by atoms with Crippen LogP contribution in [0.2, 0.25) is 0 Å². The van der Waals surface area contributed by atoms with E-state index in [2.05, 4.69) is 4.99 Å². The molecule has 1 aliphatic heterocycles. The van der Waals surface area contributed by atoms with Gasteiger partial charge in [0.25, 0.3) is 0 Å². The Kier molecular flexibility index (Phi) is 5.04. The van der Waals surface area contributed by atoms with Crippen molar-refractivity contribution >= 4 is 28.6 Å². The Hall–Kier alpha value is -1.56. The van der Waals surface area contributed by atoms with Crippen LogP contribution in [0.3, 0.4) is 0 Å². The Morgan fingerprint density at radius 3 is 2.78 bits per heavy atom. The first-order chi connectivity index (χ1) is 10.6. The summed E-state index contributed by atoms with van der Waals surface area (Å²) < 4.78 is 19.4. The van der Waals surface area contributed by atoms with E-state index < -0.39 is 17.1 Å². The first-order valence-corrected chi connectivity index (χ1v) is 8.56. The number of anilines is 1. The van der Waals surface area contributed by atoms with Crippen LogP contribution in [0.25, 0.3) is 0 Å². The van der Waals surface area contributed by atoms with Gasteiger partial charge >= 0.3 is 6.09 Å². The number of amides is 1. The summed E-state index contributed by atoms with van der Waals surface area (Å²) in [5.74, 6) is 0.497. The van der Waals surface area contributed by atoms with E-state index >= 15 is 0 Å². The molecular weight excluding hydrogens is 315 g/mol. The van der Waals surface area contributed by atoms with Gasteiger partial charge in [0.05, 0.1) is 5.04 Å². The van der Waals surface area contributed by atoms with Crippen LogP contribution < -0.4 is 5.73 Å². The zero-order chi connectivity index (χ0) is 17.3. The van der Waals surface area contributed by atoms with Crippen LogP contribution in [-0.2, 0) is 10.2 Å². The standard InChI is InChI=1S/C17H23FN2O2S/c1-16(2,3)22-15(21)20-14-10-17(4,7-8-23-14)12-9-11(19)5-6-13(12)18/h5-6,9H,7-8,10,19H2,1-4H3/t17-/m1/s1. The van der Waals surface area contributed by atoms with E-state index in [0.29, 0.717) is 22.7 Å². The van der Waals surface area contributed by atoms with Crippen LogP contribution >= 0.6 is 11.8 Å². The quantitative estimate of drug-likeness (QED) is 0.764. The molecule has 6 heteroatoms. The molecule has 2 N–H and O–H groups in total. The number of rotatable bonds is 1.